The topological polar surface area (TPSA) is 54.3 Å². The zero-order valence-corrected chi connectivity index (χ0v) is 17.9. The zero-order valence-electron chi connectivity index (χ0n) is 17.9. The van der Waals surface area contributed by atoms with Gasteiger partial charge < -0.3 is 4.74 Å². The average molecular weight is 431 g/mol. The van der Waals surface area contributed by atoms with Gasteiger partial charge in [-0.1, -0.05) is 78.9 Å². The van der Waals surface area contributed by atoms with Crippen molar-refractivity contribution >= 4 is 23.2 Å². The number of fused-ring (bicyclic) bond motifs is 5. The number of carbonyl (C=O) groups is 1. The van der Waals surface area contributed by atoms with Gasteiger partial charge in [0.2, 0.25) is 0 Å². The van der Waals surface area contributed by atoms with Crippen molar-refractivity contribution in [2.45, 2.75) is 12.5 Å². The Balaban J connectivity index is 1.32. The number of carbonyl (C=O) groups excluding carboxylic acids is 1. The maximum Gasteiger partial charge on any atom is 0.414 e. The third-order valence-corrected chi connectivity index (χ3v) is 6.31. The van der Waals surface area contributed by atoms with Gasteiger partial charge in [0.1, 0.15) is 12.3 Å². The van der Waals surface area contributed by atoms with Crippen LogP contribution in [0.25, 0.3) is 11.1 Å². The quantitative estimate of drug-likeness (QED) is 0.333. The van der Waals surface area contributed by atoms with Gasteiger partial charge in [-0.15, -0.1) is 5.11 Å². The second-order valence-electron chi connectivity index (χ2n) is 8.21. The van der Waals surface area contributed by atoms with Crippen LogP contribution in [-0.4, -0.2) is 12.7 Å². The molecule has 1 heterocycles. The van der Waals surface area contributed by atoms with E-state index in [1.807, 2.05) is 72.8 Å². The van der Waals surface area contributed by atoms with E-state index < -0.39 is 6.09 Å². The molecule has 0 atom stereocenters. The van der Waals surface area contributed by atoms with E-state index in [9.17, 15) is 4.79 Å². The Hall–Kier alpha value is -4.25. The van der Waals surface area contributed by atoms with Crippen LogP contribution < -0.4 is 4.90 Å². The Labute approximate surface area is 192 Å². The van der Waals surface area contributed by atoms with Crippen molar-refractivity contribution in [2.75, 3.05) is 11.5 Å². The highest BCUT2D eigenvalue weighted by molar-refractivity contribution is 5.92. The van der Waals surface area contributed by atoms with Crippen LogP contribution in [0.5, 0.6) is 0 Å². The van der Waals surface area contributed by atoms with Crippen LogP contribution in [0, 0.1) is 0 Å². The summed E-state index contributed by atoms with van der Waals surface area (Å²) in [4.78, 5) is 15.1. The molecular weight excluding hydrogens is 410 g/mol. The van der Waals surface area contributed by atoms with Gasteiger partial charge in [-0.25, -0.2) is 4.79 Å². The minimum Gasteiger partial charge on any atom is -0.448 e. The summed E-state index contributed by atoms with van der Waals surface area (Å²) in [5.74, 6) is 0.0123. The minimum atomic E-state index is -0.392. The summed E-state index contributed by atoms with van der Waals surface area (Å²) in [5.41, 5.74) is 7.80. The Morgan fingerprint density at radius 2 is 1.33 bits per heavy atom. The summed E-state index contributed by atoms with van der Waals surface area (Å²) in [6.07, 6.45) is -0.392. The molecule has 0 N–H and O–H groups in total. The Bertz CT molecular complexity index is 1350. The third-order valence-electron chi connectivity index (χ3n) is 6.31. The number of para-hydroxylation sites is 1. The molecule has 0 unspecified atom stereocenters. The van der Waals surface area contributed by atoms with Gasteiger partial charge >= 0.3 is 6.09 Å². The van der Waals surface area contributed by atoms with E-state index in [0.717, 1.165) is 11.3 Å². The monoisotopic (exact) mass is 431 g/mol. The molecule has 0 saturated carbocycles. The fraction of sp³-hybridized carbons (Fsp3) is 0.107. The number of ether oxygens (including phenoxy) is 1. The smallest absolute Gasteiger partial charge is 0.414 e. The summed E-state index contributed by atoms with van der Waals surface area (Å²) in [6, 6.07) is 31.9. The van der Waals surface area contributed by atoms with Crippen LogP contribution in [0.15, 0.2) is 107 Å². The lowest BCUT2D eigenvalue weighted by Gasteiger charge is -2.26. The van der Waals surface area contributed by atoms with Crippen LogP contribution in [0.4, 0.5) is 21.9 Å². The van der Waals surface area contributed by atoms with Crippen LogP contribution in [-0.2, 0) is 11.3 Å². The Kier molecular flexibility index (Phi) is 4.73. The highest BCUT2D eigenvalue weighted by Crippen LogP contribution is 2.44. The molecule has 5 heteroatoms. The summed E-state index contributed by atoms with van der Waals surface area (Å²) in [6.45, 7) is 0.636. The lowest BCUT2D eigenvalue weighted by atomic mass is 9.98. The molecule has 1 aliphatic carbocycles. The second-order valence-corrected chi connectivity index (χ2v) is 8.21. The van der Waals surface area contributed by atoms with E-state index in [-0.39, 0.29) is 12.5 Å². The Morgan fingerprint density at radius 1 is 0.758 bits per heavy atom. The molecule has 5 nitrogen and oxygen atoms in total. The first-order valence-electron chi connectivity index (χ1n) is 11.0. The lowest BCUT2D eigenvalue weighted by molar-refractivity contribution is 0.150. The number of hydrogen-bond donors (Lipinski definition) is 0. The molecule has 0 bridgehead atoms. The lowest BCUT2D eigenvalue weighted by Crippen LogP contribution is -2.32. The van der Waals surface area contributed by atoms with Gasteiger partial charge in [0.25, 0.3) is 0 Å². The first-order chi connectivity index (χ1) is 16.3. The highest BCUT2D eigenvalue weighted by atomic mass is 16.6. The molecular formula is C28H21N3O2. The van der Waals surface area contributed by atoms with Crippen LogP contribution in [0.2, 0.25) is 0 Å². The van der Waals surface area contributed by atoms with Crippen LogP contribution in [0.1, 0.15) is 22.6 Å². The summed E-state index contributed by atoms with van der Waals surface area (Å²) in [7, 11) is 0. The molecule has 1 aliphatic heterocycles. The number of nitrogens with zero attached hydrogens (tertiary/aromatic N) is 3. The molecule has 0 fully saturated rings. The fourth-order valence-corrected chi connectivity index (χ4v) is 4.72. The first-order valence-corrected chi connectivity index (χ1v) is 11.0. The van der Waals surface area contributed by atoms with Crippen molar-refractivity contribution in [3.63, 3.8) is 0 Å². The molecule has 4 aromatic carbocycles. The van der Waals surface area contributed by atoms with E-state index in [2.05, 4.69) is 34.5 Å². The van der Waals surface area contributed by atoms with Gasteiger partial charge in [-0.05, 0) is 46.0 Å². The van der Waals surface area contributed by atoms with Crippen molar-refractivity contribution in [3.05, 3.63) is 114 Å². The van der Waals surface area contributed by atoms with E-state index >= 15 is 0 Å². The van der Waals surface area contributed by atoms with Crippen LogP contribution in [0.3, 0.4) is 0 Å². The fourth-order valence-electron chi connectivity index (χ4n) is 4.72. The molecule has 0 saturated heterocycles. The van der Waals surface area contributed by atoms with Crippen molar-refractivity contribution in [3.8, 4) is 11.1 Å². The molecule has 4 aromatic rings. The number of amides is 1. The molecule has 1 amide bonds. The highest BCUT2D eigenvalue weighted by Gasteiger charge is 2.30. The van der Waals surface area contributed by atoms with Gasteiger partial charge in [-0.3, -0.25) is 4.90 Å². The van der Waals surface area contributed by atoms with Crippen molar-refractivity contribution in [1.29, 1.82) is 0 Å². The van der Waals surface area contributed by atoms with E-state index in [1.165, 1.54) is 22.3 Å². The summed E-state index contributed by atoms with van der Waals surface area (Å²) >= 11 is 0. The van der Waals surface area contributed by atoms with Crippen molar-refractivity contribution in [2.24, 2.45) is 10.2 Å². The van der Waals surface area contributed by atoms with Gasteiger partial charge in [0, 0.05) is 5.92 Å². The summed E-state index contributed by atoms with van der Waals surface area (Å²) in [5, 5.41) is 8.78. The van der Waals surface area contributed by atoms with Gasteiger partial charge in [0.15, 0.2) is 0 Å². The largest absolute Gasteiger partial charge is 0.448 e. The Morgan fingerprint density at radius 3 is 2.09 bits per heavy atom. The SMILES string of the molecule is O=C(OCC1c2ccccc2-c2ccccc21)N1Cc2ccccc2N=Nc2ccccc21. The number of anilines is 1. The molecule has 33 heavy (non-hydrogen) atoms. The molecule has 160 valence electrons. The normalized spacial score (nSPS) is 13.9. The van der Waals surface area contributed by atoms with Crippen molar-refractivity contribution < 1.29 is 9.53 Å². The van der Waals surface area contributed by atoms with E-state index in [0.29, 0.717) is 17.9 Å². The predicted molar refractivity (Wildman–Crippen MR) is 128 cm³/mol. The first kappa shape index (κ1) is 19.4. The minimum absolute atomic E-state index is 0.0123. The van der Waals surface area contributed by atoms with Crippen LogP contribution >= 0.6 is 0 Å². The summed E-state index contributed by atoms with van der Waals surface area (Å²) < 4.78 is 5.96. The third kappa shape index (κ3) is 3.38. The predicted octanol–water partition coefficient (Wildman–Crippen LogP) is 7.37. The van der Waals surface area contributed by atoms with E-state index in [4.69, 9.17) is 4.74 Å². The number of hydrogen-bond acceptors (Lipinski definition) is 4. The number of rotatable bonds is 2. The number of azo groups is 1. The second kappa shape index (κ2) is 8.02. The average Bonchev–Trinajstić information content (AvgIpc) is 3.18. The van der Waals surface area contributed by atoms with Gasteiger partial charge in [-0.2, -0.15) is 5.11 Å². The standard InChI is InChI=1S/C28H21N3O2/c32-28(33-18-24-22-12-4-2-10-20(22)21-11-3-5-13-23(21)24)31-17-19-9-1-6-14-25(19)29-30-26-15-7-8-16-27(26)31/h1-16,24H,17-18H2. The van der Waals surface area contributed by atoms with Gasteiger partial charge in [0.05, 0.1) is 17.9 Å². The molecule has 0 aromatic heterocycles. The molecule has 2 aliphatic rings. The molecule has 6 rings (SSSR count). The maximum absolute atomic E-state index is 13.4. The molecule has 0 radical (unpaired) electrons. The van der Waals surface area contributed by atoms with Crippen molar-refractivity contribution in [1.82, 2.24) is 0 Å². The zero-order chi connectivity index (χ0) is 22.2. The maximum atomic E-state index is 13.4. The molecule has 0 spiro atoms. The number of benzene rings is 4. The van der Waals surface area contributed by atoms with E-state index in [1.54, 1.807) is 4.90 Å².